The summed E-state index contributed by atoms with van der Waals surface area (Å²) >= 11 is 0. The van der Waals surface area contributed by atoms with Crippen LogP contribution in [0.15, 0.2) is 43.0 Å². The number of fused-ring (bicyclic) bond motifs is 1. The van der Waals surface area contributed by atoms with Gasteiger partial charge in [-0.3, -0.25) is 14.7 Å². The lowest BCUT2D eigenvalue weighted by Crippen LogP contribution is -2.49. The van der Waals surface area contributed by atoms with Crippen molar-refractivity contribution in [3.8, 4) is 0 Å². The summed E-state index contributed by atoms with van der Waals surface area (Å²) in [6.45, 7) is 4.20. The summed E-state index contributed by atoms with van der Waals surface area (Å²) in [6, 6.07) is 5.81. The standard InChI is InChI=1S/C17H20N8O/c26-16(20-12-15-21-17-19-4-1-7-25(17)22-15)13-23-8-10-24(11-9-23)14-2-5-18-6-3-14/h1-7H,8-13H2,(H,20,26). The molecule has 4 rings (SSSR count). The van der Waals surface area contributed by atoms with Gasteiger partial charge in [0.05, 0.1) is 13.1 Å². The van der Waals surface area contributed by atoms with Crippen LogP contribution in [0.1, 0.15) is 5.82 Å². The molecule has 1 N–H and O–H groups in total. The molecule has 0 spiro atoms. The number of nitrogens with zero attached hydrogens (tertiary/aromatic N) is 7. The molecule has 1 aliphatic rings. The minimum absolute atomic E-state index is 0.0193. The maximum atomic E-state index is 12.2. The molecule has 9 heteroatoms. The van der Waals surface area contributed by atoms with Crippen LogP contribution in [-0.2, 0) is 11.3 Å². The first-order valence-electron chi connectivity index (χ1n) is 8.58. The third-order valence-electron chi connectivity index (χ3n) is 4.37. The van der Waals surface area contributed by atoms with Crippen molar-refractivity contribution >= 4 is 17.4 Å². The van der Waals surface area contributed by atoms with E-state index in [2.05, 4.69) is 35.2 Å². The molecule has 9 nitrogen and oxygen atoms in total. The van der Waals surface area contributed by atoms with Crippen molar-refractivity contribution in [2.75, 3.05) is 37.6 Å². The fourth-order valence-corrected chi connectivity index (χ4v) is 3.01. The number of carbonyl (C=O) groups excluding carboxylic acids is 1. The van der Waals surface area contributed by atoms with Crippen LogP contribution in [0.3, 0.4) is 0 Å². The molecule has 1 aliphatic heterocycles. The second-order valence-corrected chi connectivity index (χ2v) is 6.14. The zero-order valence-electron chi connectivity index (χ0n) is 14.3. The van der Waals surface area contributed by atoms with Crippen molar-refractivity contribution in [2.45, 2.75) is 6.54 Å². The summed E-state index contributed by atoms with van der Waals surface area (Å²) in [5, 5.41) is 7.16. The van der Waals surface area contributed by atoms with E-state index in [4.69, 9.17) is 0 Å². The Morgan fingerprint density at radius 1 is 1.12 bits per heavy atom. The van der Waals surface area contributed by atoms with Gasteiger partial charge < -0.3 is 10.2 Å². The van der Waals surface area contributed by atoms with Gasteiger partial charge in [0.1, 0.15) is 0 Å². The molecule has 3 aromatic heterocycles. The Balaban J connectivity index is 1.24. The third kappa shape index (κ3) is 3.77. The quantitative estimate of drug-likeness (QED) is 0.689. The Labute approximate surface area is 150 Å². The lowest BCUT2D eigenvalue weighted by molar-refractivity contribution is -0.122. The minimum Gasteiger partial charge on any atom is -0.369 e. The fourth-order valence-electron chi connectivity index (χ4n) is 3.01. The van der Waals surface area contributed by atoms with Crippen molar-refractivity contribution in [1.82, 2.24) is 34.8 Å². The van der Waals surface area contributed by atoms with Crippen LogP contribution >= 0.6 is 0 Å². The number of hydrogen-bond donors (Lipinski definition) is 1. The van der Waals surface area contributed by atoms with Gasteiger partial charge in [-0.2, -0.15) is 4.98 Å². The van der Waals surface area contributed by atoms with Gasteiger partial charge in [0, 0.05) is 56.7 Å². The summed E-state index contributed by atoms with van der Waals surface area (Å²) in [5.74, 6) is 1.07. The lowest BCUT2D eigenvalue weighted by atomic mass is 10.2. The van der Waals surface area contributed by atoms with Gasteiger partial charge in [0.2, 0.25) is 5.91 Å². The number of piperazine rings is 1. The molecular weight excluding hydrogens is 332 g/mol. The van der Waals surface area contributed by atoms with Gasteiger partial charge in [0.15, 0.2) is 5.82 Å². The van der Waals surface area contributed by atoms with Crippen molar-refractivity contribution in [2.24, 2.45) is 0 Å². The molecular formula is C17H20N8O. The first-order valence-corrected chi connectivity index (χ1v) is 8.58. The number of hydrogen-bond acceptors (Lipinski definition) is 7. The molecule has 1 amide bonds. The number of pyridine rings is 1. The van der Waals surface area contributed by atoms with Crippen LogP contribution in [-0.4, -0.2) is 68.1 Å². The molecule has 0 saturated carbocycles. The summed E-state index contributed by atoms with van der Waals surface area (Å²) in [4.78, 5) is 29.1. The highest BCUT2D eigenvalue weighted by Crippen LogP contribution is 2.14. The van der Waals surface area contributed by atoms with E-state index in [1.54, 1.807) is 35.4 Å². The highest BCUT2D eigenvalue weighted by Gasteiger charge is 2.19. The highest BCUT2D eigenvalue weighted by atomic mass is 16.2. The second-order valence-electron chi connectivity index (χ2n) is 6.14. The zero-order chi connectivity index (χ0) is 17.8. The Hall–Kier alpha value is -3.07. The zero-order valence-corrected chi connectivity index (χ0v) is 14.3. The van der Waals surface area contributed by atoms with Crippen LogP contribution in [0.25, 0.3) is 5.78 Å². The topological polar surface area (TPSA) is 91.5 Å². The van der Waals surface area contributed by atoms with E-state index in [9.17, 15) is 4.79 Å². The van der Waals surface area contributed by atoms with E-state index in [0.29, 0.717) is 24.7 Å². The highest BCUT2D eigenvalue weighted by molar-refractivity contribution is 5.78. The summed E-state index contributed by atoms with van der Waals surface area (Å²) in [6.07, 6.45) is 7.05. The van der Waals surface area contributed by atoms with E-state index in [-0.39, 0.29) is 5.91 Å². The van der Waals surface area contributed by atoms with Gasteiger partial charge >= 0.3 is 0 Å². The van der Waals surface area contributed by atoms with Crippen molar-refractivity contribution in [3.05, 3.63) is 48.8 Å². The van der Waals surface area contributed by atoms with Gasteiger partial charge in [0.25, 0.3) is 5.78 Å². The molecule has 0 radical (unpaired) electrons. The minimum atomic E-state index is -0.0193. The molecule has 0 atom stereocenters. The number of rotatable bonds is 5. The predicted octanol–water partition coefficient (Wildman–Crippen LogP) is -0.0423. The molecule has 0 bridgehead atoms. The van der Waals surface area contributed by atoms with Crippen LogP contribution in [0, 0.1) is 0 Å². The van der Waals surface area contributed by atoms with Crippen LogP contribution in [0.2, 0.25) is 0 Å². The van der Waals surface area contributed by atoms with Crippen molar-refractivity contribution in [1.29, 1.82) is 0 Å². The van der Waals surface area contributed by atoms with E-state index >= 15 is 0 Å². The molecule has 1 fully saturated rings. The number of anilines is 1. The average molecular weight is 352 g/mol. The monoisotopic (exact) mass is 352 g/mol. The second kappa shape index (κ2) is 7.44. The Morgan fingerprint density at radius 3 is 2.69 bits per heavy atom. The number of amides is 1. The summed E-state index contributed by atoms with van der Waals surface area (Å²) in [5.41, 5.74) is 1.18. The Kier molecular flexibility index (Phi) is 4.69. The maximum Gasteiger partial charge on any atom is 0.252 e. The lowest BCUT2D eigenvalue weighted by Gasteiger charge is -2.35. The molecule has 0 aromatic carbocycles. The van der Waals surface area contributed by atoms with Gasteiger partial charge in [-0.15, -0.1) is 5.10 Å². The molecule has 3 aromatic rings. The first-order chi connectivity index (χ1) is 12.8. The number of carbonyl (C=O) groups is 1. The summed E-state index contributed by atoms with van der Waals surface area (Å²) in [7, 11) is 0. The van der Waals surface area contributed by atoms with Gasteiger partial charge in [-0.05, 0) is 18.2 Å². The Morgan fingerprint density at radius 2 is 1.92 bits per heavy atom. The maximum absolute atomic E-state index is 12.2. The van der Waals surface area contributed by atoms with Crippen LogP contribution in [0.5, 0.6) is 0 Å². The summed E-state index contributed by atoms with van der Waals surface area (Å²) < 4.78 is 1.60. The first kappa shape index (κ1) is 16.4. The van der Waals surface area contributed by atoms with Crippen molar-refractivity contribution in [3.63, 3.8) is 0 Å². The van der Waals surface area contributed by atoms with Crippen LogP contribution in [0.4, 0.5) is 5.69 Å². The van der Waals surface area contributed by atoms with Crippen LogP contribution < -0.4 is 10.2 Å². The Bertz CT molecular complexity index is 840. The number of nitrogens with one attached hydrogen (secondary N) is 1. The average Bonchev–Trinajstić information content (AvgIpc) is 3.11. The van der Waals surface area contributed by atoms with Gasteiger partial charge in [-0.1, -0.05) is 0 Å². The van der Waals surface area contributed by atoms with E-state index in [1.807, 2.05) is 12.1 Å². The molecule has 134 valence electrons. The molecule has 26 heavy (non-hydrogen) atoms. The fraction of sp³-hybridized carbons (Fsp3) is 0.353. The third-order valence-corrected chi connectivity index (χ3v) is 4.37. The normalized spacial score (nSPS) is 15.3. The SMILES string of the molecule is O=C(CN1CCN(c2ccncc2)CC1)NCc1nc2ncccn2n1. The molecule has 4 heterocycles. The van der Waals surface area contributed by atoms with Crippen molar-refractivity contribution < 1.29 is 4.79 Å². The van der Waals surface area contributed by atoms with E-state index in [0.717, 1.165) is 26.2 Å². The van der Waals surface area contributed by atoms with E-state index in [1.165, 1.54) is 5.69 Å². The largest absolute Gasteiger partial charge is 0.369 e. The molecule has 1 saturated heterocycles. The number of aromatic nitrogens is 5. The molecule has 0 unspecified atom stereocenters. The van der Waals surface area contributed by atoms with Gasteiger partial charge in [-0.25, -0.2) is 9.50 Å². The smallest absolute Gasteiger partial charge is 0.252 e. The predicted molar refractivity (Wildman–Crippen MR) is 95.5 cm³/mol. The molecule has 0 aliphatic carbocycles. The van der Waals surface area contributed by atoms with E-state index < -0.39 is 0 Å².